The highest BCUT2D eigenvalue weighted by molar-refractivity contribution is 14.1. The van der Waals surface area contributed by atoms with Gasteiger partial charge in [-0.05, 0) is 67.2 Å². The van der Waals surface area contributed by atoms with Gasteiger partial charge in [0.2, 0.25) is 5.91 Å². The number of rotatable bonds is 7. The zero-order chi connectivity index (χ0) is 17.1. The highest BCUT2D eigenvalue weighted by Gasteiger charge is 2.06. The second-order valence-electron chi connectivity index (χ2n) is 5.96. The standard InChI is InChI=1S/C18H29IN2O/c1-7-8-17(19)11-18(21-16(6)22)20-12-14(4)9-10-15(5)13(2)3/h7-8,11-13,15H,9-10H2,1-6H3,(H,20,21,22)/b8-7-,14-12+,17-11+. The van der Waals surface area contributed by atoms with Gasteiger partial charge in [0, 0.05) is 16.7 Å². The number of amides is 1. The largest absolute Gasteiger partial charge is 0.311 e. The summed E-state index contributed by atoms with van der Waals surface area (Å²) in [4.78, 5) is 15.7. The summed E-state index contributed by atoms with van der Waals surface area (Å²) in [5, 5.41) is 2.76. The van der Waals surface area contributed by atoms with E-state index >= 15 is 0 Å². The lowest BCUT2D eigenvalue weighted by Crippen LogP contribution is -2.26. The van der Waals surface area contributed by atoms with Crippen LogP contribution in [0.15, 0.2) is 38.6 Å². The maximum absolute atomic E-state index is 11.3. The average molecular weight is 416 g/mol. The summed E-state index contributed by atoms with van der Waals surface area (Å²) in [7, 11) is 0. The molecule has 0 heterocycles. The third-order valence-corrected chi connectivity index (χ3v) is 4.13. The predicted octanol–water partition coefficient (Wildman–Crippen LogP) is 5.39. The summed E-state index contributed by atoms with van der Waals surface area (Å²) in [5.74, 6) is 1.87. The molecule has 0 aromatic rings. The molecule has 0 aliphatic carbocycles. The Kier molecular flexibility index (Phi) is 11.1. The molecule has 0 aromatic carbocycles. The van der Waals surface area contributed by atoms with E-state index in [4.69, 9.17) is 0 Å². The molecule has 0 aliphatic heterocycles. The van der Waals surface area contributed by atoms with Gasteiger partial charge >= 0.3 is 0 Å². The van der Waals surface area contributed by atoms with Crippen LogP contribution in [0.3, 0.4) is 0 Å². The van der Waals surface area contributed by atoms with Crippen molar-refractivity contribution in [1.82, 2.24) is 5.32 Å². The minimum Gasteiger partial charge on any atom is -0.311 e. The fourth-order valence-electron chi connectivity index (χ4n) is 1.66. The molecule has 0 spiro atoms. The summed E-state index contributed by atoms with van der Waals surface area (Å²) < 4.78 is 1.02. The molecule has 0 saturated heterocycles. The lowest BCUT2D eigenvalue weighted by Gasteiger charge is -2.14. The summed E-state index contributed by atoms with van der Waals surface area (Å²) in [6, 6.07) is 0. The van der Waals surface area contributed by atoms with E-state index in [1.165, 1.54) is 12.5 Å². The highest BCUT2D eigenvalue weighted by Crippen LogP contribution is 2.18. The van der Waals surface area contributed by atoms with Crippen LogP contribution in [0.1, 0.15) is 54.4 Å². The molecule has 1 amide bonds. The Morgan fingerprint density at radius 3 is 2.41 bits per heavy atom. The second-order valence-corrected chi connectivity index (χ2v) is 7.21. The van der Waals surface area contributed by atoms with Crippen LogP contribution in [0.25, 0.3) is 0 Å². The quantitative estimate of drug-likeness (QED) is 0.257. The number of hydrogen-bond acceptors (Lipinski definition) is 2. The van der Waals surface area contributed by atoms with Crippen molar-refractivity contribution in [3.63, 3.8) is 0 Å². The number of hydrogen-bond donors (Lipinski definition) is 1. The van der Waals surface area contributed by atoms with Crippen molar-refractivity contribution in [2.24, 2.45) is 16.8 Å². The minimum absolute atomic E-state index is 0.112. The first kappa shape index (κ1) is 21.1. The molecule has 0 aliphatic rings. The summed E-state index contributed by atoms with van der Waals surface area (Å²) in [6.45, 7) is 12.3. The smallest absolute Gasteiger partial charge is 0.222 e. The van der Waals surface area contributed by atoms with E-state index in [0.29, 0.717) is 17.7 Å². The van der Waals surface area contributed by atoms with E-state index < -0.39 is 0 Å². The minimum atomic E-state index is -0.112. The van der Waals surface area contributed by atoms with Gasteiger partial charge in [-0.1, -0.05) is 38.5 Å². The lowest BCUT2D eigenvalue weighted by molar-refractivity contribution is -0.117. The number of nitrogens with zero attached hydrogens (tertiary/aromatic N) is 1. The third-order valence-electron chi connectivity index (χ3n) is 3.46. The van der Waals surface area contributed by atoms with Crippen LogP contribution >= 0.6 is 22.6 Å². The van der Waals surface area contributed by atoms with Gasteiger partial charge in [-0.2, -0.15) is 0 Å². The van der Waals surface area contributed by atoms with Gasteiger partial charge in [-0.3, -0.25) is 4.79 Å². The van der Waals surface area contributed by atoms with E-state index in [9.17, 15) is 4.79 Å². The van der Waals surface area contributed by atoms with Crippen molar-refractivity contribution in [3.8, 4) is 0 Å². The SMILES string of the molecule is C\C=C/C(I)=C\C(=N\C=C(/C)CCC(C)C(C)C)NC(C)=O. The molecule has 0 aromatic heterocycles. The van der Waals surface area contributed by atoms with Crippen LogP contribution in [0.4, 0.5) is 0 Å². The van der Waals surface area contributed by atoms with Gasteiger partial charge < -0.3 is 5.32 Å². The number of nitrogens with one attached hydrogen (secondary N) is 1. The van der Waals surface area contributed by atoms with E-state index in [2.05, 4.69) is 60.6 Å². The van der Waals surface area contributed by atoms with Crippen molar-refractivity contribution < 1.29 is 4.79 Å². The van der Waals surface area contributed by atoms with Crippen molar-refractivity contribution >= 4 is 34.3 Å². The lowest BCUT2D eigenvalue weighted by atomic mass is 9.92. The monoisotopic (exact) mass is 416 g/mol. The average Bonchev–Trinajstić information content (AvgIpc) is 2.41. The van der Waals surface area contributed by atoms with Gasteiger partial charge in [-0.25, -0.2) is 4.99 Å². The van der Waals surface area contributed by atoms with Crippen LogP contribution in [-0.4, -0.2) is 11.7 Å². The molecule has 1 atom stereocenters. The number of amidine groups is 1. The fourth-order valence-corrected chi connectivity index (χ4v) is 2.31. The van der Waals surface area contributed by atoms with Crippen LogP contribution in [0.2, 0.25) is 0 Å². The fraction of sp³-hybridized carbons (Fsp3) is 0.556. The molecule has 0 rings (SSSR count). The van der Waals surface area contributed by atoms with Gasteiger partial charge in [0.15, 0.2) is 0 Å². The zero-order valence-electron chi connectivity index (χ0n) is 14.6. The Bertz CT molecular complexity index is 473. The number of carbonyl (C=O) groups is 1. The molecule has 1 N–H and O–H groups in total. The van der Waals surface area contributed by atoms with Crippen molar-refractivity contribution in [3.05, 3.63) is 33.6 Å². The molecule has 0 radical (unpaired) electrons. The topological polar surface area (TPSA) is 41.5 Å². The normalized spacial score (nSPS) is 15.5. The first-order chi connectivity index (χ1) is 10.3. The first-order valence-corrected chi connectivity index (χ1v) is 8.85. The van der Waals surface area contributed by atoms with Crippen molar-refractivity contribution in [1.29, 1.82) is 0 Å². The van der Waals surface area contributed by atoms with Crippen LogP contribution in [-0.2, 0) is 4.79 Å². The maximum Gasteiger partial charge on any atom is 0.222 e. The predicted molar refractivity (Wildman–Crippen MR) is 105 cm³/mol. The molecular weight excluding hydrogens is 387 g/mol. The Hall–Kier alpha value is -0.910. The number of halogens is 1. The molecule has 124 valence electrons. The van der Waals surface area contributed by atoms with Gasteiger partial charge in [0.05, 0.1) is 0 Å². The van der Waals surface area contributed by atoms with Gasteiger partial charge in [0.25, 0.3) is 0 Å². The molecule has 22 heavy (non-hydrogen) atoms. The highest BCUT2D eigenvalue weighted by atomic mass is 127. The van der Waals surface area contributed by atoms with Crippen molar-refractivity contribution in [2.75, 3.05) is 0 Å². The van der Waals surface area contributed by atoms with Crippen LogP contribution in [0, 0.1) is 11.8 Å². The third kappa shape index (κ3) is 10.8. The molecule has 3 nitrogen and oxygen atoms in total. The number of allylic oxidation sites excluding steroid dienone is 4. The molecule has 0 bridgehead atoms. The Morgan fingerprint density at radius 2 is 1.91 bits per heavy atom. The van der Waals surface area contributed by atoms with E-state index in [-0.39, 0.29) is 5.91 Å². The van der Waals surface area contributed by atoms with Crippen molar-refractivity contribution in [2.45, 2.75) is 54.4 Å². The Morgan fingerprint density at radius 1 is 1.27 bits per heavy atom. The maximum atomic E-state index is 11.3. The molecule has 0 saturated carbocycles. The van der Waals surface area contributed by atoms with Crippen LogP contribution in [0.5, 0.6) is 0 Å². The molecule has 0 fully saturated rings. The van der Waals surface area contributed by atoms with Gasteiger partial charge in [0.1, 0.15) is 5.84 Å². The molecular formula is C18H29IN2O. The van der Waals surface area contributed by atoms with Crippen LogP contribution < -0.4 is 5.32 Å². The van der Waals surface area contributed by atoms with Gasteiger partial charge in [-0.15, -0.1) is 0 Å². The van der Waals surface area contributed by atoms with E-state index in [0.717, 1.165) is 16.4 Å². The zero-order valence-corrected chi connectivity index (χ0v) is 16.8. The summed E-state index contributed by atoms with van der Waals surface area (Å²) in [5.41, 5.74) is 1.23. The molecule has 4 heteroatoms. The summed E-state index contributed by atoms with van der Waals surface area (Å²) in [6.07, 6.45) is 9.84. The Labute approximate surface area is 149 Å². The van der Waals surface area contributed by atoms with E-state index in [1.807, 2.05) is 31.4 Å². The first-order valence-electron chi connectivity index (χ1n) is 7.77. The second kappa shape index (κ2) is 11.6. The Balaban J connectivity index is 4.91. The molecule has 1 unspecified atom stereocenters. The summed E-state index contributed by atoms with van der Waals surface area (Å²) >= 11 is 2.21. The van der Waals surface area contributed by atoms with E-state index in [1.54, 1.807) is 0 Å². The number of carbonyl (C=O) groups excluding carboxylic acids is 1. The number of aliphatic imine (C=N–C) groups is 1.